The first-order valence-corrected chi connectivity index (χ1v) is 9.37. The summed E-state index contributed by atoms with van der Waals surface area (Å²) in [4.78, 5) is 12.1. The molecule has 0 spiro atoms. The topological polar surface area (TPSA) is 110 Å². The van der Waals surface area contributed by atoms with E-state index in [0.717, 1.165) is 11.1 Å². The predicted octanol–water partition coefficient (Wildman–Crippen LogP) is 2.15. The number of cyclic esters (lactones) is 1. The Kier molecular flexibility index (Phi) is 5.15. The van der Waals surface area contributed by atoms with Crippen LogP contribution in [0.25, 0.3) is 0 Å². The van der Waals surface area contributed by atoms with Crippen molar-refractivity contribution in [1.82, 2.24) is 0 Å². The van der Waals surface area contributed by atoms with Crippen molar-refractivity contribution in [2.24, 2.45) is 11.8 Å². The SMILES string of the molecule is O=C1OC[C@@H](Cc2cccc(OS(=O)(=O)O)c2)[C@@H]1Cc1cccc(O)c1. The van der Waals surface area contributed by atoms with Crippen molar-refractivity contribution >= 4 is 16.4 Å². The second kappa shape index (κ2) is 7.35. The van der Waals surface area contributed by atoms with Gasteiger partial charge in [-0.3, -0.25) is 9.35 Å². The zero-order valence-electron chi connectivity index (χ0n) is 13.7. The van der Waals surface area contributed by atoms with E-state index in [4.69, 9.17) is 9.29 Å². The fourth-order valence-corrected chi connectivity index (χ4v) is 3.49. The summed E-state index contributed by atoms with van der Waals surface area (Å²) >= 11 is 0. The van der Waals surface area contributed by atoms with E-state index in [9.17, 15) is 18.3 Å². The maximum Gasteiger partial charge on any atom is 0.446 e. The minimum atomic E-state index is -4.59. The van der Waals surface area contributed by atoms with Gasteiger partial charge in [0.05, 0.1) is 12.5 Å². The Morgan fingerprint density at radius 2 is 1.77 bits per heavy atom. The van der Waals surface area contributed by atoms with Gasteiger partial charge in [-0.05, 0) is 48.2 Å². The van der Waals surface area contributed by atoms with Crippen LogP contribution in [0, 0.1) is 11.8 Å². The van der Waals surface area contributed by atoms with Crippen LogP contribution in [0.4, 0.5) is 0 Å². The van der Waals surface area contributed by atoms with Crippen LogP contribution in [0.15, 0.2) is 48.5 Å². The number of phenols is 1. The van der Waals surface area contributed by atoms with E-state index >= 15 is 0 Å². The van der Waals surface area contributed by atoms with Gasteiger partial charge in [0.1, 0.15) is 11.5 Å². The lowest BCUT2D eigenvalue weighted by Crippen LogP contribution is -2.20. The number of carbonyl (C=O) groups is 1. The van der Waals surface area contributed by atoms with Crippen molar-refractivity contribution in [3.8, 4) is 11.5 Å². The van der Waals surface area contributed by atoms with E-state index in [1.807, 2.05) is 6.07 Å². The molecule has 1 saturated heterocycles. The fraction of sp³-hybridized carbons (Fsp3) is 0.278. The lowest BCUT2D eigenvalue weighted by atomic mass is 9.85. The molecule has 0 saturated carbocycles. The summed E-state index contributed by atoms with van der Waals surface area (Å²) in [5.74, 6) is -0.599. The summed E-state index contributed by atoms with van der Waals surface area (Å²) in [5.41, 5.74) is 1.60. The Bertz CT molecular complexity index is 907. The van der Waals surface area contributed by atoms with Crippen LogP contribution in [0.5, 0.6) is 11.5 Å². The first-order chi connectivity index (χ1) is 12.3. The highest BCUT2D eigenvalue weighted by atomic mass is 32.3. The molecule has 8 heteroatoms. The Hall–Kier alpha value is -2.58. The molecule has 2 aromatic rings. The third-order valence-electron chi connectivity index (χ3n) is 4.28. The number of esters is 1. The average Bonchev–Trinajstić information content (AvgIpc) is 2.87. The molecule has 1 fully saturated rings. The third-order valence-corrected chi connectivity index (χ3v) is 4.68. The second-order valence-electron chi connectivity index (χ2n) is 6.23. The molecule has 7 nitrogen and oxygen atoms in total. The monoisotopic (exact) mass is 378 g/mol. The van der Waals surface area contributed by atoms with Crippen LogP contribution in [-0.2, 0) is 32.8 Å². The van der Waals surface area contributed by atoms with Crippen LogP contribution in [0.2, 0.25) is 0 Å². The van der Waals surface area contributed by atoms with E-state index in [1.165, 1.54) is 12.1 Å². The Labute approximate surface area is 151 Å². The second-order valence-corrected chi connectivity index (χ2v) is 7.26. The van der Waals surface area contributed by atoms with Crippen molar-refractivity contribution in [2.45, 2.75) is 12.8 Å². The Morgan fingerprint density at radius 1 is 1.08 bits per heavy atom. The highest BCUT2D eigenvalue weighted by molar-refractivity contribution is 7.81. The molecule has 2 atom stereocenters. The number of ether oxygens (including phenoxy) is 1. The normalized spacial score (nSPS) is 20.0. The number of hydrogen-bond acceptors (Lipinski definition) is 6. The maximum atomic E-state index is 12.1. The number of rotatable bonds is 6. The van der Waals surface area contributed by atoms with Gasteiger partial charge in [0, 0.05) is 5.92 Å². The highest BCUT2D eigenvalue weighted by Gasteiger charge is 2.36. The molecule has 138 valence electrons. The molecule has 2 N–H and O–H groups in total. The lowest BCUT2D eigenvalue weighted by Gasteiger charge is -2.16. The summed E-state index contributed by atoms with van der Waals surface area (Å²) < 4.78 is 40.1. The predicted molar refractivity (Wildman–Crippen MR) is 92.1 cm³/mol. The van der Waals surface area contributed by atoms with Gasteiger partial charge in [-0.15, -0.1) is 0 Å². The number of benzene rings is 2. The van der Waals surface area contributed by atoms with Crippen LogP contribution in [-0.4, -0.2) is 30.7 Å². The highest BCUT2D eigenvalue weighted by Crippen LogP contribution is 2.30. The molecule has 3 rings (SSSR count). The van der Waals surface area contributed by atoms with E-state index < -0.39 is 10.4 Å². The molecule has 0 aliphatic carbocycles. The molecular formula is C18H18O7S. The van der Waals surface area contributed by atoms with Gasteiger partial charge in [0.15, 0.2) is 0 Å². The van der Waals surface area contributed by atoms with E-state index in [1.54, 1.807) is 30.3 Å². The van der Waals surface area contributed by atoms with Crippen LogP contribution in [0.3, 0.4) is 0 Å². The summed E-state index contributed by atoms with van der Waals surface area (Å²) in [6, 6.07) is 13.0. The molecule has 0 radical (unpaired) electrons. The molecule has 26 heavy (non-hydrogen) atoms. The molecule has 0 bridgehead atoms. The van der Waals surface area contributed by atoms with Crippen LogP contribution >= 0.6 is 0 Å². The smallest absolute Gasteiger partial charge is 0.446 e. The summed E-state index contributed by atoms with van der Waals surface area (Å²) in [7, 11) is -4.59. The van der Waals surface area contributed by atoms with Gasteiger partial charge < -0.3 is 14.0 Å². The molecule has 0 aromatic heterocycles. The first-order valence-electron chi connectivity index (χ1n) is 8.00. The molecule has 1 heterocycles. The molecule has 0 unspecified atom stereocenters. The van der Waals surface area contributed by atoms with Gasteiger partial charge >= 0.3 is 16.4 Å². The average molecular weight is 378 g/mol. The van der Waals surface area contributed by atoms with E-state index in [2.05, 4.69) is 4.18 Å². The van der Waals surface area contributed by atoms with Crippen molar-refractivity contribution in [2.75, 3.05) is 6.61 Å². The minimum absolute atomic E-state index is 0.000210. The van der Waals surface area contributed by atoms with Gasteiger partial charge in [0.2, 0.25) is 0 Å². The molecule has 1 aliphatic heterocycles. The van der Waals surface area contributed by atoms with Gasteiger partial charge in [-0.25, -0.2) is 0 Å². The molecule has 2 aromatic carbocycles. The summed E-state index contributed by atoms with van der Waals surface area (Å²) in [6.07, 6.45) is 0.928. The number of aromatic hydroxyl groups is 1. The quantitative estimate of drug-likeness (QED) is 0.585. The third kappa shape index (κ3) is 4.74. The standard InChI is InChI=1S/C18H18O7S/c19-15-5-1-3-13(8-15)10-17-14(11-24-18(17)20)7-12-4-2-6-16(9-12)25-26(21,22)23/h1-6,8-9,14,17,19H,7,10-11H2,(H,21,22,23)/t14-,17+/m1/s1. The van der Waals surface area contributed by atoms with Gasteiger partial charge in [-0.1, -0.05) is 24.3 Å². The molecular weight excluding hydrogens is 360 g/mol. The van der Waals surface area contributed by atoms with Crippen molar-refractivity contribution < 1.29 is 31.8 Å². The first kappa shape index (κ1) is 18.2. The van der Waals surface area contributed by atoms with Crippen molar-refractivity contribution in [1.29, 1.82) is 0 Å². The fourth-order valence-electron chi connectivity index (χ4n) is 3.14. The lowest BCUT2D eigenvalue weighted by molar-refractivity contribution is -0.141. The Morgan fingerprint density at radius 3 is 2.46 bits per heavy atom. The zero-order chi connectivity index (χ0) is 18.7. The molecule has 1 aliphatic rings. The largest absolute Gasteiger partial charge is 0.508 e. The zero-order valence-corrected chi connectivity index (χ0v) is 14.6. The van der Waals surface area contributed by atoms with E-state index in [-0.39, 0.29) is 35.9 Å². The van der Waals surface area contributed by atoms with Crippen molar-refractivity contribution in [3.05, 3.63) is 59.7 Å². The number of carbonyl (C=O) groups excluding carboxylic acids is 1. The maximum absolute atomic E-state index is 12.1. The summed E-state index contributed by atoms with van der Waals surface area (Å²) in [6.45, 7) is 0.270. The van der Waals surface area contributed by atoms with Crippen LogP contribution in [0.1, 0.15) is 11.1 Å². The van der Waals surface area contributed by atoms with Gasteiger partial charge in [0.25, 0.3) is 0 Å². The Balaban J connectivity index is 1.74. The van der Waals surface area contributed by atoms with Crippen molar-refractivity contribution in [3.63, 3.8) is 0 Å². The molecule has 0 amide bonds. The summed E-state index contributed by atoms with van der Waals surface area (Å²) in [5, 5.41) is 9.58. The number of hydrogen-bond donors (Lipinski definition) is 2. The van der Waals surface area contributed by atoms with Gasteiger partial charge in [-0.2, -0.15) is 8.42 Å². The van der Waals surface area contributed by atoms with E-state index in [0.29, 0.717) is 12.8 Å². The minimum Gasteiger partial charge on any atom is -0.508 e. The number of phenolic OH excluding ortho intramolecular Hbond substituents is 1. The van der Waals surface area contributed by atoms with Crippen LogP contribution < -0.4 is 4.18 Å².